The molecule has 0 saturated heterocycles. The summed E-state index contributed by atoms with van der Waals surface area (Å²) in [6.45, 7) is 0.320. The van der Waals surface area contributed by atoms with E-state index in [-0.39, 0.29) is 0 Å². The van der Waals surface area contributed by atoms with Crippen molar-refractivity contribution in [2.75, 3.05) is 6.79 Å². The molecule has 1 aromatic rings. The van der Waals surface area contributed by atoms with Gasteiger partial charge in [-0.25, -0.2) is 0 Å². The van der Waals surface area contributed by atoms with Crippen LogP contribution in [-0.4, -0.2) is 12.6 Å². The lowest BCUT2D eigenvalue weighted by Gasteiger charge is -2.23. The van der Waals surface area contributed by atoms with E-state index in [1.54, 1.807) is 0 Å². The van der Waals surface area contributed by atoms with E-state index in [2.05, 4.69) is 6.07 Å². The molecule has 2 aliphatic rings. The minimum Gasteiger partial charge on any atom is -0.454 e. The van der Waals surface area contributed by atoms with Crippen molar-refractivity contribution in [2.24, 2.45) is 5.92 Å². The van der Waals surface area contributed by atoms with Crippen LogP contribution >= 0.6 is 0 Å². The second-order valence-electron chi connectivity index (χ2n) is 4.20. The molecule has 0 atom stereocenters. The molecule has 1 fully saturated rings. The molecule has 0 spiro atoms. The topological polar surface area (TPSA) is 35.5 Å². The van der Waals surface area contributed by atoms with Crippen molar-refractivity contribution in [3.8, 4) is 11.5 Å². The Morgan fingerprint density at radius 1 is 1.20 bits per heavy atom. The SMILES string of the molecule is O=C1CC(Cc2ccc3c(c2)OCO3)C1. The molecular weight excluding hydrogens is 192 g/mol. The molecule has 1 aromatic carbocycles. The van der Waals surface area contributed by atoms with Gasteiger partial charge in [0.15, 0.2) is 11.5 Å². The van der Waals surface area contributed by atoms with E-state index in [1.807, 2.05) is 12.1 Å². The average molecular weight is 204 g/mol. The lowest BCUT2D eigenvalue weighted by atomic mass is 9.80. The Balaban J connectivity index is 1.73. The van der Waals surface area contributed by atoms with Crippen LogP contribution in [-0.2, 0) is 11.2 Å². The van der Waals surface area contributed by atoms with Crippen LogP contribution in [0.1, 0.15) is 18.4 Å². The molecule has 0 N–H and O–H groups in total. The zero-order valence-corrected chi connectivity index (χ0v) is 8.36. The fraction of sp³-hybridized carbons (Fsp3) is 0.417. The van der Waals surface area contributed by atoms with E-state index in [0.29, 0.717) is 18.5 Å². The van der Waals surface area contributed by atoms with E-state index in [1.165, 1.54) is 5.56 Å². The molecule has 3 nitrogen and oxygen atoms in total. The summed E-state index contributed by atoms with van der Waals surface area (Å²) in [5.74, 6) is 2.58. The average Bonchev–Trinajstić information content (AvgIpc) is 2.62. The fourth-order valence-electron chi connectivity index (χ4n) is 2.13. The molecule has 78 valence electrons. The van der Waals surface area contributed by atoms with Gasteiger partial charge >= 0.3 is 0 Å². The molecule has 0 aromatic heterocycles. The molecule has 3 heteroatoms. The van der Waals surface area contributed by atoms with Crippen LogP contribution in [0.4, 0.5) is 0 Å². The maximum atomic E-state index is 10.8. The summed E-state index contributed by atoms with van der Waals surface area (Å²) in [7, 11) is 0. The summed E-state index contributed by atoms with van der Waals surface area (Å²) in [4.78, 5) is 10.8. The van der Waals surface area contributed by atoms with E-state index in [9.17, 15) is 4.79 Å². The predicted octanol–water partition coefficient (Wildman–Crippen LogP) is 1.94. The molecule has 15 heavy (non-hydrogen) atoms. The second kappa shape index (κ2) is 3.26. The Labute approximate surface area is 88.0 Å². The van der Waals surface area contributed by atoms with Crippen molar-refractivity contribution >= 4 is 5.78 Å². The number of carbonyl (C=O) groups is 1. The van der Waals surface area contributed by atoms with Crippen LogP contribution in [0.3, 0.4) is 0 Å². The maximum Gasteiger partial charge on any atom is 0.231 e. The Hall–Kier alpha value is -1.51. The summed E-state index contributed by atoms with van der Waals surface area (Å²) in [5, 5.41) is 0. The standard InChI is InChI=1S/C12H12O3/c13-10-4-9(5-10)3-8-1-2-11-12(6-8)15-7-14-11/h1-2,6,9H,3-5,7H2. The smallest absolute Gasteiger partial charge is 0.231 e. The molecule has 0 radical (unpaired) electrons. The first-order valence-electron chi connectivity index (χ1n) is 5.21. The van der Waals surface area contributed by atoms with Gasteiger partial charge in [0.05, 0.1) is 0 Å². The first kappa shape index (κ1) is 8.77. The molecule has 1 aliphatic carbocycles. The summed E-state index contributed by atoms with van der Waals surface area (Å²) in [5.41, 5.74) is 1.23. The van der Waals surface area contributed by atoms with Gasteiger partial charge in [-0.2, -0.15) is 0 Å². The molecular formula is C12H12O3. The molecule has 0 unspecified atom stereocenters. The van der Waals surface area contributed by atoms with Crippen LogP contribution in [0.2, 0.25) is 0 Å². The van der Waals surface area contributed by atoms with E-state index < -0.39 is 0 Å². The summed E-state index contributed by atoms with van der Waals surface area (Å²) in [6, 6.07) is 6.01. The highest BCUT2D eigenvalue weighted by Crippen LogP contribution is 2.34. The quantitative estimate of drug-likeness (QED) is 0.738. The number of Topliss-reactive ketones (excluding diaryl/α,β-unsaturated/α-hetero) is 1. The highest BCUT2D eigenvalue weighted by atomic mass is 16.7. The minimum absolute atomic E-state index is 0.320. The van der Waals surface area contributed by atoms with Gasteiger partial charge in [0.1, 0.15) is 5.78 Å². The number of ketones is 1. The molecule has 0 amide bonds. The number of fused-ring (bicyclic) bond motifs is 1. The van der Waals surface area contributed by atoms with Crippen molar-refractivity contribution in [2.45, 2.75) is 19.3 Å². The number of ether oxygens (including phenoxy) is 2. The van der Waals surface area contributed by atoms with Gasteiger partial charge in [-0.15, -0.1) is 0 Å². The van der Waals surface area contributed by atoms with Crippen LogP contribution in [0.25, 0.3) is 0 Å². The lowest BCUT2D eigenvalue weighted by molar-refractivity contribution is -0.126. The summed E-state index contributed by atoms with van der Waals surface area (Å²) < 4.78 is 10.5. The third-order valence-corrected chi connectivity index (χ3v) is 2.99. The highest BCUT2D eigenvalue weighted by Gasteiger charge is 2.26. The first-order chi connectivity index (χ1) is 7.31. The number of hydrogen-bond donors (Lipinski definition) is 0. The van der Waals surface area contributed by atoms with E-state index in [0.717, 1.165) is 30.8 Å². The number of hydrogen-bond acceptors (Lipinski definition) is 3. The van der Waals surface area contributed by atoms with Gasteiger partial charge in [-0.3, -0.25) is 4.79 Å². The zero-order valence-electron chi connectivity index (χ0n) is 8.36. The van der Waals surface area contributed by atoms with Crippen LogP contribution in [0.5, 0.6) is 11.5 Å². The Kier molecular flexibility index (Phi) is 1.91. The van der Waals surface area contributed by atoms with E-state index in [4.69, 9.17) is 9.47 Å². The van der Waals surface area contributed by atoms with Gasteiger partial charge in [-0.05, 0) is 30.0 Å². The Bertz CT molecular complexity index is 403. The number of benzene rings is 1. The third-order valence-electron chi connectivity index (χ3n) is 2.99. The van der Waals surface area contributed by atoms with Gasteiger partial charge < -0.3 is 9.47 Å². The van der Waals surface area contributed by atoms with Crippen molar-refractivity contribution in [1.82, 2.24) is 0 Å². The van der Waals surface area contributed by atoms with Crippen molar-refractivity contribution in [3.63, 3.8) is 0 Å². The summed E-state index contributed by atoms with van der Waals surface area (Å²) in [6.07, 6.45) is 2.46. The van der Waals surface area contributed by atoms with Crippen molar-refractivity contribution in [1.29, 1.82) is 0 Å². The third kappa shape index (κ3) is 1.58. The van der Waals surface area contributed by atoms with Crippen molar-refractivity contribution in [3.05, 3.63) is 23.8 Å². The monoisotopic (exact) mass is 204 g/mol. The van der Waals surface area contributed by atoms with Gasteiger partial charge in [-0.1, -0.05) is 6.07 Å². The zero-order chi connectivity index (χ0) is 10.3. The highest BCUT2D eigenvalue weighted by molar-refractivity contribution is 5.84. The largest absolute Gasteiger partial charge is 0.454 e. The van der Waals surface area contributed by atoms with Gasteiger partial charge in [0.2, 0.25) is 6.79 Å². The van der Waals surface area contributed by atoms with Crippen LogP contribution in [0.15, 0.2) is 18.2 Å². The Morgan fingerprint density at radius 2 is 2.00 bits per heavy atom. The second-order valence-corrected chi connectivity index (χ2v) is 4.20. The molecule has 1 aliphatic heterocycles. The Morgan fingerprint density at radius 3 is 2.80 bits per heavy atom. The van der Waals surface area contributed by atoms with Crippen LogP contribution < -0.4 is 9.47 Å². The lowest BCUT2D eigenvalue weighted by Crippen LogP contribution is -2.24. The molecule has 1 saturated carbocycles. The molecule has 1 heterocycles. The predicted molar refractivity (Wildman–Crippen MR) is 54.0 cm³/mol. The van der Waals surface area contributed by atoms with Gasteiger partial charge in [0.25, 0.3) is 0 Å². The normalized spacial score (nSPS) is 19.1. The number of carbonyl (C=O) groups excluding carboxylic acids is 1. The fourth-order valence-corrected chi connectivity index (χ4v) is 2.13. The van der Waals surface area contributed by atoms with E-state index >= 15 is 0 Å². The molecule has 3 rings (SSSR count). The summed E-state index contributed by atoms with van der Waals surface area (Å²) >= 11 is 0. The van der Waals surface area contributed by atoms with Crippen LogP contribution in [0, 0.1) is 5.92 Å². The minimum atomic E-state index is 0.320. The number of rotatable bonds is 2. The first-order valence-corrected chi connectivity index (χ1v) is 5.21. The maximum absolute atomic E-state index is 10.8. The van der Waals surface area contributed by atoms with Gasteiger partial charge in [0, 0.05) is 12.8 Å². The molecule has 0 bridgehead atoms. The van der Waals surface area contributed by atoms with Crippen molar-refractivity contribution < 1.29 is 14.3 Å².